The molecule has 2 aliphatic rings. The fourth-order valence-corrected chi connectivity index (χ4v) is 4.66. The van der Waals surface area contributed by atoms with E-state index in [2.05, 4.69) is 4.98 Å². The number of hydrogen-bond acceptors (Lipinski definition) is 5. The van der Waals surface area contributed by atoms with Crippen LogP contribution in [0.4, 0.5) is 5.69 Å². The summed E-state index contributed by atoms with van der Waals surface area (Å²) in [7, 11) is 0. The summed E-state index contributed by atoms with van der Waals surface area (Å²) in [4.78, 5) is 33.7. The molecule has 3 aromatic rings. The van der Waals surface area contributed by atoms with Crippen molar-refractivity contribution in [2.75, 3.05) is 31.3 Å². The van der Waals surface area contributed by atoms with Gasteiger partial charge < -0.3 is 19.3 Å². The van der Waals surface area contributed by atoms with Crippen LogP contribution in [0.2, 0.25) is 0 Å². The molecule has 0 saturated carbocycles. The van der Waals surface area contributed by atoms with Crippen molar-refractivity contribution in [1.29, 1.82) is 0 Å². The van der Waals surface area contributed by atoms with E-state index in [0.29, 0.717) is 37.6 Å². The molecular weight excluding hydrogens is 454 g/mol. The van der Waals surface area contributed by atoms with Gasteiger partial charge in [-0.1, -0.05) is 18.2 Å². The Morgan fingerprint density at radius 3 is 2.69 bits per heavy atom. The highest BCUT2D eigenvalue weighted by molar-refractivity contribution is 5.97. The highest BCUT2D eigenvalue weighted by atomic mass is 16.5. The summed E-state index contributed by atoms with van der Waals surface area (Å²) < 4.78 is 11.5. The van der Waals surface area contributed by atoms with Gasteiger partial charge in [0.15, 0.2) is 0 Å². The van der Waals surface area contributed by atoms with Crippen LogP contribution in [0.1, 0.15) is 40.9 Å². The van der Waals surface area contributed by atoms with Gasteiger partial charge in [-0.15, -0.1) is 0 Å². The zero-order valence-electron chi connectivity index (χ0n) is 20.3. The van der Waals surface area contributed by atoms with Crippen LogP contribution in [0.3, 0.4) is 0 Å². The molecule has 0 spiro atoms. The normalized spacial score (nSPS) is 17.4. The van der Waals surface area contributed by atoms with Crippen LogP contribution in [0.25, 0.3) is 0 Å². The monoisotopic (exact) mass is 485 g/mol. The number of amides is 2. The Balaban J connectivity index is 1.32. The van der Waals surface area contributed by atoms with E-state index in [0.717, 1.165) is 55.3 Å². The van der Waals surface area contributed by atoms with Crippen LogP contribution in [0, 0.1) is 5.92 Å². The number of rotatable bonds is 9. The minimum absolute atomic E-state index is 0.0885. The van der Waals surface area contributed by atoms with Crippen LogP contribution in [-0.4, -0.2) is 48.1 Å². The maximum absolute atomic E-state index is 13.6. The molecule has 2 amide bonds. The van der Waals surface area contributed by atoms with Gasteiger partial charge in [-0.05, 0) is 66.9 Å². The number of nitrogens with zero attached hydrogens (tertiary/aromatic N) is 3. The lowest BCUT2D eigenvalue weighted by Gasteiger charge is -2.24. The van der Waals surface area contributed by atoms with E-state index >= 15 is 0 Å². The lowest BCUT2D eigenvalue weighted by molar-refractivity contribution is -0.117. The minimum atomic E-state index is -0.0885. The number of pyridine rings is 1. The molecule has 7 heteroatoms. The summed E-state index contributed by atoms with van der Waals surface area (Å²) in [5, 5.41) is 0. The van der Waals surface area contributed by atoms with Crippen LogP contribution >= 0.6 is 0 Å². The zero-order chi connectivity index (χ0) is 24.7. The molecular formula is C29H31N3O4. The summed E-state index contributed by atoms with van der Waals surface area (Å²) in [5.41, 5.74) is 3.22. The molecule has 2 fully saturated rings. The average molecular weight is 486 g/mol. The van der Waals surface area contributed by atoms with Gasteiger partial charge in [0.1, 0.15) is 5.75 Å². The molecule has 7 nitrogen and oxygen atoms in total. The first-order valence-corrected chi connectivity index (χ1v) is 12.5. The molecule has 0 N–H and O–H groups in total. The van der Waals surface area contributed by atoms with Crippen molar-refractivity contribution in [3.05, 3.63) is 89.7 Å². The first-order valence-electron chi connectivity index (χ1n) is 12.5. The number of aromatic nitrogens is 1. The second-order valence-corrected chi connectivity index (χ2v) is 9.37. The molecule has 1 aromatic heterocycles. The Labute approximate surface area is 211 Å². The van der Waals surface area contributed by atoms with Crippen LogP contribution in [-0.2, 0) is 22.6 Å². The van der Waals surface area contributed by atoms with E-state index in [4.69, 9.17) is 9.47 Å². The van der Waals surface area contributed by atoms with Gasteiger partial charge in [0.25, 0.3) is 5.91 Å². The van der Waals surface area contributed by atoms with E-state index in [1.807, 2.05) is 54.6 Å². The Hall–Kier alpha value is -3.71. The topological polar surface area (TPSA) is 72.0 Å². The highest BCUT2D eigenvalue weighted by Crippen LogP contribution is 2.24. The Morgan fingerprint density at radius 2 is 1.97 bits per heavy atom. The highest BCUT2D eigenvalue weighted by Gasteiger charge is 2.23. The summed E-state index contributed by atoms with van der Waals surface area (Å²) >= 11 is 0. The van der Waals surface area contributed by atoms with Gasteiger partial charge in [0.05, 0.1) is 25.5 Å². The van der Waals surface area contributed by atoms with E-state index in [9.17, 15) is 9.59 Å². The molecule has 3 heterocycles. The number of ether oxygens (including phenoxy) is 2. The van der Waals surface area contributed by atoms with Gasteiger partial charge >= 0.3 is 0 Å². The molecule has 0 radical (unpaired) electrons. The molecule has 2 aliphatic heterocycles. The summed E-state index contributed by atoms with van der Waals surface area (Å²) in [5.74, 6) is 1.27. The van der Waals surface area contributed by atoms with Crippen LogP contribution in [0.15, 0.2) is 72.9 Å². The lowest BCUT2D eigenvalue weighted by atomic mass is 10.1. The number of carbonyl (C=O) groups excluding carboxylic acids is 2. The zero-order valence-corrected chi connectivity index (χ0v) is 20.3. The van der Waals surface area contributed by atoms with Crippen molar-refractivity contribution in [2.24, 2.45) is 5.92 Å². The minimum Gasteiger partial charge on any atom is -0.493 e. The molecule has 0 aliphatic carbocycles. The Kier molecular flexibility index (Phi) is 7.57. The SMILES string of the molecule is O=C(c1ccc(N2CCCC2=O)cc1)N(Cc1cccc(OC[C@H]2CCOC2)c1)Cc1ccccn1. The molecule has 0 unspecified atom stereocenters. The van der Waals surface area contributed by atoms with Crippen molar-refractivity contribution < 1.29 is 19.1 Å². The molecule has 186 valence electrons. The maximum atomic E-state index is 13.6. The summed E-state index contributed by atoms with van der Waals surface area (Å²) in [6.07, 6.45) is 4.21. The molecule has 2 aromatic carbocycles. The Bertz CT molecular complexity index is 1180. The second kappa shape index (κ2) is 11.4. The fraction of sp³-hybridized carbons (Fsp3) is 0.345. The van der Waals surface area contributed by atoms with Gasteiger partial charge in [-0.3, -0.25) is 14.6 Å². The third-order valence-corrected chi connectivity index (χ3v) is 6.65. The van der Waals surface area contributed by atoms with Gasteiger partial charge in [-0.25, -0.2) is 0 Å². The van der Waals surface area contributed by atoms with E-state index in [1.165, 1.54) is 0 Å². The maximum Gasteiger partial charge on any atom is 0.254 e. The quantitative estimate of drug-likeness (QED) is 0.447. The predicted octanol–water partition coefficient (Wildman–Crippen LogP) is 4.47. The van der Waals surface area contributed by atoms with Crippen molar-refractivity contribution in [1.82, 2.24) is 9.88 Å². The first kappa shape index (κ1) is 24.0. The van der Waals surface area contributed by atoms with Crippen molar-refractivity contribution in [2.45, 2.75) is 32.4 Å². The number of carbonyl (C=O) groups is 2. The fourth-order valence-electron chi connectivity index (χ4n) is 4.66. The predicted molar refractivity (Wildman–Crippen MR) is 137 cm³/mol. The van der Waals surface area contributed by atoms with Crippen molar-refractivity contribution >= 4 is 17.5 Å². The summed E-state index contributed by atoms with van der Waals surface area (Å²) in [6.45, 7) is 3.71. The van der Waals surface area contributed by atoms with Crippen LogP contribution < -0.4 is 9.64 Å². The third kappa shape index (κ3) is 5.91. The first-order chi connectivity index (χ1) is 17.7. The molecule has 36 heavy (non-hydrogen) atoms. The number of anilines is 1. The van der Waals surface area contributed by atoms with Crippen molar-refractivity contribution in [3.63, 3.8) is 0 Å². The average Bonchev–Trinajstić information content (AvgIpc) is 3.59. The molecule has 1 atom stereocenters. The lowest BCUT2D eigenvalue weighted by Crippen LogP contribution is -2.30. The standard InChI is InChI=1S/C29H31N3O4/c33-28-8-4-15-32(28)26-11-9-24(10-12-26)29(34)31(19-25-6-1-2-14-30-25)18-22-5-3-7-27(17-22)36-21-23-13-16-35-20-23/h1-3,5-7,9-12,14,17,23H,4,8,13,15-16,18-21H2/t23-/m0/s1. The van der Waals surface area contributed by atoms with Crippen molar-refractivity contribution in [3.8, 4) is 5.75 Å². The third-order valence-electron chi connectivity index (χ3n) is 6.65. The number of hydrogen-bond donors (Lipinski definition) is 0. The van der Waals surface area contributed by atoms with E-state index in [-0.39, 0.29) is 11.8 Å². The van der Waals surface area contributed by atoms with Gasteiger partial charge in [-0.2, -0.15) is 0 Å². The molecule has 2 saturated heterocycles. The van der Waals surface area contributed by atoms with Gasteiger partial charge in [0, 0.05) is 49.5 Å². The van der Waals surface area contributed by atoms with Gasteiger partial charge in [0.2, 0.25) is 5.91 Å². The number of benzene rings is 2. The smallest absolute Gasteiger partial charge is 0.254 e. The Morgan fingerprint density at radius 1 is 1.08 bits per heavy atom. The summed E-state index contributed by atoms with van der Waals surface area (Å²) in [6, 6.07) is 20.9. The largest absolute Gasteiger partial charge is 0.493 e. The molecule has 0 bridgehead atoms. The molecule has 5 rings (SSSR count). The van der Waals surface area contributed by atoms with E-state index in [1.54, 1.807) is 28.1 Å². The second-order valence-electron chi connectivity index (χ2n) is 9.37. The van der Waals surface area contributed by atoms with E-state index < -0.39 is 0 Å². The van der Waals surface area contributed by atoms with Crippen LogP contribution in [0.5, 0.6) is 5.75 Å².